The third-order valence-corrected chi connectivity index (χ3v) is 4.34. The van der Waals surface area contributed by atoms with Crippen LogP contribution in [0.1, 0.15) is 50.5 Å². The Labute approximate surface area is 120 Å². The number of rotatable bonds is 5. The van der Waals surface area contributed by atoms with Crippen LogP contribution in [0, 0.1) is 11.7 Å². The molecule has 4 heteroatoms. The van der Waals surface area contributed by atoms with E-state index in [1.165, 1.54) is 25.0 Å². The molecule has 1 aliphatic heterocycles. The summed E-state index contributed by atoms with van der Waals surface area (Å²) in [5.74, 6) is -0.519. The topological polar surface area (TPSA) is 33.2 Å². The summed E-state index contributed by atoms with van der Waals surface area (Å²) in [6, 6.07) is 3.89. The summed E-state index contributed by atoms with van der Waals surface area (Å²) in [7, 11) is 0. The van der Waals surface area contributed by atoms with Gasteiger partial charge in [0.25, 0.3) is 0 Å². The van der Waals surface area contributed by atoms with Gasteiger partial charge in [-0.1, -0.05) is 13.8 Å². The van der Waals surface area contributed by atoms with Crippen molar-refractivity contribution in [1.82, 2.24) is 9.88 Å². The van der Waals surface area contributed by atoms with Crippen molar-refractivity contribution in [3.8, 4) is 0 Å². The zero-order valence-electron chi connectivity index (χ0n) is 12.5. The molecule has 0 aliphatic carbocycles. The second kappa shape index (κ2) is 6.44. The molecule has 0 spiro atoms. The molecule has 0 amide bonds. The molecule has 20 heavy (non-hydrogen) atoms. The maximum absolute atomic E-state index is 12.8. The summed E-state index contributed by atoms with van der Waals surface area (Å²) >= 11 is 0. The van der Waals surface area contributed by atoms with Crippen molar-refractivity contribution in [3.05, 3.63) is 29.8 Å². The lowest BCUT2D eigenvalue weighted by Gasteiger charge is -2.29. The van der Waals surface area contributed by atoms with Crippen molar-refractivity contribution in [1.29, 1.82) is 0 Å². The Morgan fingerprint density at radius 3 is 2.85 bits per heavy atom. The van der Waals surface area contributed by atoms with Crippen LogP contribution in [0.4, 0.5) is 4.39 Å². The smallest absolute Gasteiger partial charge is 0.185 e. The zero-order valence-corrected chi connectivity index (χ0v) is 12.5. The van der Waals surface area contributed by atoms with Crippen LogP contribution in [0.15, 0.2) is 18.3 Å². The number of halogens is 1. The summed E-state index contributed by atoms with van der Waals surface area (Å²) in [4.78, 5) is 18.7. The van der Waals surface area contributed by atoms with E-state index in [4.69, 9.17) is 0 Å². The Morgan fingerprint density at radius 1 is 1.50 bits per heavy atom. The lowest BCUT2D eigenvalue weighted by atomic mass is 10.0. The monoisotopic (exact) mass is 278 g/mol. The maximum atomic E-state index is 12.8. The molecule has 1 aliphatic rings. The number of nitrogens with zero attached hydrogens (tertiary/aromatic N) is 2. The van der Waals surface area contributed by atoms with Gasteiger partial charge in [0.1, 0.15) is 11.5 Å². The Kier molecular flexibility index (Phi) is 4.86. The van der Waals surface area contributed by atoms with Gasteiger partial charge in [0.2, 0.25) is 0 Å². The van der Waals surface area contributed by atoms with Crippen LogP contribution >= 0.6 is 0 Å². The molecular formula is C16H23FN2O. The Morgan fingerprint density at radius 2 is 2.25 bits per heavy atom. The van der Waals surface area contributed by atoms with Gasteiger partial charge in [0.05, 0.1) is 6.20 Å². The minimum Gasteiger partial charge on any atom is -0.297 e. The van der Waals surface area contributed by atoms with Gasteiger partial charge >= 0.3 is 0 Å². The Balaban J connectivity index is 2.02. The first-order valence-corrected chi connectivity index (χ1v) is 7.44. The number of likely N-dealkylation sites (tertiary alicyclic amines) is 1. The van der Waals surface area contributed by atoms with Crippen molar-refractivity contribution >= 4 is 5.78 Å². The highest BCUT2D eigenvalue weighted by molar-refractivity contribution is 5.95. The van der Waals surface area contributed by atoms with Gasteiger partial charge in [-0.15, -0.1) is 0 Å². The summed E-state index contributed by atoms with van der Waals surface area (Å²) in [6.45, 7) is 7.12. The molecule has 3 nitrogen and oxygen atoms in total. The summed E-state index contributed by atoms with van der Waals surface area (Å²) < 4.78 is 12.8. The fourth-order valence-electron chi connectivity index (χ4n) is 3.07. The number of carbonyl (C=O) groups excluding carboxylic acids is 1. The number of pyridine rings is 1. The van der Waals surface area contributed by atoms with E-state index in [9.17, 15) is 9.18 Å². The highest BCUT2D eigenvalue weighted by Gasteiger charge is 2.31. The number of carbonyl (C=O) groups is 1. The van der Waals surface area contributed by atoms with Crippen LogP contribution in [-0.2, 0) is 0 Å². The number of ketones is 1. The average Bonchev–Trinajstić information content (AvgIpc) is 2.79. The van der Waals surface area contributed by atoms with E-state index < -0.39 is 5.82 Å². The van der Waals surface area contributed by atoms with Gasteiger partial charge in [-0.05, 0) is 38.3 Å². The number of aromatic nitrogens is 1. The van der Waals surface area contributed by atoms with E-state index in [0.717, 1.165) is 19.2 Å². The first kappa shape index (κ1) is 15.1. The lowest BCUT2D eigenvalue weighted by Crippen LogP contribution is -2.39. The largest absolute Gasteiger partial charge is 0.297 e. The van der Waals surface area contributed by atoms with Crippen LogP contribution in [0.2, 0.25) is 0 Å². The van der Waals surface area contributed by atoms with Crippen molar-refractivity contribution in [2.45, 2.75) is 52.1 Å². The molecule has 3 atom stereocenters. The molecule has 1 aromatic rings. The Hall–Kier alpha value is -1.29. The average molecular weight is 278 g/mol. The number of hydrogen-bond acceptors (Lipinski definition) is 3. The molecule has 0 N–H and O–H groups in total. The Bertz CT molecular complexity index is 460. The van der Waals surface area contributed by atoms with Gasteiger partial charge < -0.3 is 0 Å². The minimum absolute atomic E-state index is 0.000969. The third kappa shape index (κ3) is 3.23. The first-order chi connectivity index (χ1) is 9.52. The van der Waals surface area contributed by atoms with E-state index in [-0.39, 0.29) is 11.7 Å². The second-order valence-corrected chi connectivity index (χ2v) is 5.81. The summed E-state index contributed by atoms with van der Waals surface area (Å²) in [5.41, 5.74) is 0.360. The van der Waals surface area contributed by atoms with Gasteiger partial charge in [-0.2, -0.15) is 0 Å². The summed E-state index contributed by atoms with van der Waals surface area (Å²) in [5, 5.41) is 0. The van der Waals surface area contributed by atoms with E-state index in [2.05, 4.69) is 23.7 Å². The molecule has 1 fully saturated rings. The molecule has 0 saturated carbocycles. The van der Waals surface area contributed by atoms with Crippen LogP contribution in [-0.4, -0.2) is 34.3 Å². The molecule has 110 valence electrons. The molecule has 0 aromatic carbocycles. The van der Waals surface area contributed by atoms with E-state index in [1.54, 1.807) is 0 Å². The van der Waals surface area contributed by atoms with Gasteiger partial charge in [0, 0.05) is 24.5 Å². The van der Waals surface area contributed by atoms with E-state index in [1.807, 2.05) is 6.92 Å². The number of Topliss-reactive ketones (excluding diaryl/α,β-unsaturated/α-hetero) is 1. The lowest BCUT2D eigenvalue weighted by molar-refractivity contribution is 0.0860. The minimum atomic E-state index is -0.409. The molecule has 2 heterocycles. The number of hydrogen-bond donors (Lipinski definition) is 0. The predicted octanol–water partition coefficient (Wildman–Crippen LogP) is 3.30. The van der Waals surface area contributed by atoms with Crippen LogP contribution in [0.3, 0.4) is 0 Å². The fraction of sp³-hybridized carbons (Fsp3) is 0.625. The standard InChI is InChI=1S/C16H23FN2O/c1-4-14-7-5-12(3)19(14)10-11(2)16(20)15-8-6-13(17)9-18-15/h6,8-9,11-12,14H,4-5,7,10H2,1-3H3. The van der Waals surface area contributed by atoms with E-state index in [0.29, 0.717) is 17.8 Å². The van der Waals surface area contributed by atoms with Gasteiger partial charge in [0.15, 0.2) is 5.78 Å². The van der Waals surface area contributed by atoms with Crippen LogP contribution < -0.4 is 0 Å². The van der Waals surface area contributed by atoms with Crippen LogP contribution in [0.5, 0.6) is 0 Å². The summed E-state index contributed by atoms with van der Waals surface area (Å²) in [6.07, 6.45) is 4.65. The molecule has 0 bridgehead atoms. The zero-order chi connectivity index (χ0) is 14.7. The molecule has 1 aromatic heterocycles. The van der Waals surface area contributed by atoms with Crippen molar-refractivity contribution in [2.75, 3.05) is 6.54 Å². The maximum Gasteiger partial charge on any atom is 0.185 e. The van der Waals surface area contributed by atoms with Crippen molar-refractivity contribution < 1.29 is 9.18 Å². The first-order valence-electron chi connectivity index (χ1n) is 7.44. The molecule has 2 rings (SSSR count). The van der Waals surface area contributed by atoms with Crippen molar-refractivity contribution in [2.24, 2.45) is 5.92 Å². The molecular weight excluding hydrogens is 255 g/mol. The normalized spacial score (nSPS) is 24.8. The molecule has 3 unspecified atom stereocenters. The highest BCUT2D eigenvalue weighted by atomic mass is 19.1. The van der Waals surface area contributed by atoms with Gasteiger partial charge in [-0.25, -0.2) is 4.39 Å². The quantitative estimate of drug-likeness (QED) is 0.775. The van der Waals surface area contributed by atoms with Crippen molar-refractivity contribution in [3.63, 3.8) is 0 Å². The van der Waals surface area contributed by atoms with Gasteiger partial charge in [-0.3, -0.25) is 14.7 Å². The second-order valence-electron chi connectivity index (χ2n) is 5.81. The van der Waals surface area contributed by atoms with Crippen LogP contribution in [0.25, 0.3) is 0 Å². The van der Waals surface area contributed by atoms with E-state index >= 15 is 0 Å². The predicted molar refractivity (Wildman–Crippen MR) is 77.2 cm³/mol. The highest BCUT2D eigenvalue weighted by Crippen LogP contribution is 2.27. The fourth-order valence-corrected chi connectivity index (χ4v) is 3.07. The third-order valence-electron chi connectivity index (χ3n) is 4.34. The SMILES string of the molecule is CCC1CCC(C)N1CC(C)C(=O)c1ccc(F)cn1. The molecule has 1 saturated heterocycles. The molecule has 0 radical (unpaired) electrons.